The van der Waals surface area contributed by atoms with Crippen molar-refractivity contribution in [1.82, 2.24) is 28.7 Å². The van der Waals surface area contributed by atoms with Crippen LogP contribution in [0.5, 0.6) is 0 Å². The fourth-order valence-electron chi connectivity index (χ4n) is 2.79. The van der Waals surface area contributed by atoms with Gasteiger partial charge in [0.1, 0.15) is 5.82 Å². The van der Waals surface area contributed by atoms with Crippen molar-refractivity contribution in [3.63, 3.8) is 0 Å². The Labute approximate surface area is 147 Å². The number of allylic oxidation sites excluding steroid dienone is 1. The van der Waals surface area contributed by atoms with E-state index in [0.29, 0.717) is 23.5 Å². The van der Waals surface area contributed by atoms with Crippen LogP contribution in [0.2, 0.25) is 0 Å². The zero-order chi connectivity index (χ0) is 17.4. The summed E-state index contributed by atoms with van der Waals surface area (Å²) in [6, 6.07) is 7.51. The predicted octanol–water partition coefficient (Wildman–Crippen LogP) is 2.26. The third-order valence-electron chi connectivity index (χ3n) is 4.04. The molecule has 7 nitrogen and oxygen atoms in total. The molecule has 4 aromatic rings. The van der Waals surface area contributed by atoms with Gasteiger partial charge in [0.2, 0.25) is 5.78 Å². The Morgan fingerprint density at radius 1 is 1.28 bits per heavy atom. The summed E-state index contributed by atoms with van der Waals surface area (Å²) in [6.45, 7) is 4.12. The van der Waals surface area contributed by atoms with Crippen LogP contribution >= 0.6 is 11.8 Å². The van der Waals surface area contributed by atoms with Gasteiger partial charge in [0.25, 0.3) is 5.56 Å². The van der Waals surface area contributed by atoms with Crippen molar-refractivity contribution in [1.29, 1.82) is 0 Å². The van der Waals surface area contributed by atoms with E-state index in [4.69, 9.17) is 0 Å². The zero-order valence-electron chi connectivity index (χ0n) is 13.7. The minimum absolute atomic E-state index is 0.0870. The molecule has 0 atom stereocenters. The fourth-order valence-corrected chi connectivity index (χ4v) is 3.73. The van der Waals surface area contributed by atoms with Crippen LogP contribution in [0.25, 0.3) is 16.7 Å². The van der Waals surface area contributed by atoms with Crippen LogP contribution < -0.4 is 5.56 Å². The van der Waals surface area contributed by atoms with Crippen molar-refractivity contribution in [2.75, 3.05) is 0 Å². The maximum atomic E-state index is 12.7. The second-order valence-electron chi connectivity index (χ2n) is 5.58. The molecule has 0 aliphatic carbocycles. The number of aryl methyl sites for hydroxylation is 1. The molecule has 126 valence electrons. The summed E-state index contributed by atoms with van der Waals surface area (Å²) in [7, 11) is 1.96. The summed E-state index contributed by atoms with van der Waals surface area (Å²) in [4.78, 5) is 17.1. The third-order valence-corrected chi connectivity index (χ3v) is 4.97. The highest BCUT2D eigenvalue weighted by molar-refractivity contribution is 7.98. The molecule has 0 radical (unpaired) electrons. The predicted molar refractivity (Wildman–Crippen MR) is 97.7 cm³/mol. The molecule has 0 N–H and O–H groups in total. The van der Waals surface area contributed by atoms with Gasteiger partial charge in [-0.2, -0.15) is 0 Å². The van der Waals surface area contributed by atoms with Gasteiger partial charge in [-0.05, 0) is 12.1 Å². The second-order valence-corrected chi connectivity index (χ2v) is 6.53. The summed E-state index contributed by atoms with van der Waals surface area (Å²) in [5.74, 6) is 2.13. The highest BCUT2D eigenvalue weighted by Crippen LogP contribution is 2.24. The second kappa shape index (κ2) is 6.21. The largest absolute Gasteiger partial charge is 0.337 e. The van der Waals surface area contributed by atoms with E-state index in [9.17, 15) is 4.79 Å². The first-order valence-electron chi connectivity index (χ1n) is 7.77. The minimum atomic E-state index is -0.0870. The molecular formula is C17H16N6OS. The standard InChI is InChI=1S/C17H16N6OS/c1-3-9-22-15(24)12-6-4-5-7-13(12)23-16(22)19-20-17(23)25-11-14-18-8-10-21(14)2/h3-8,10H,1,9,11H2,2H3. The quantitative estimate of drug-likeness (QED) is 0.407. The molecule has 0 saturated carbocycles. The highest BCUT2D eigenvalue weighted by Gasteiger charge is 2.16. The fraction of sp³-hybridized carbons (Fsp3) is 0.176. The first kappa shape index (κ1) is 15.6. The van der Waals surface area contributed by atoms with Crippen LogP contribution in [-0.4, -0.2) is 28.7 Å². The lowest BCUT2D eigenvalue weighted by Crippen LogP contribution is -2.22. The van der Waals surface area contributed by atoms with E-state index < -0.39 is 0 Å². The van der Waals surface area contributed by atoms with E-state index in [1.54, 1.807) is 28.6 Å². The summed E-state index contributed by atoms with van der Waals surface area (Å²) >= 11 is 1.54. The average molecular weight is 352 g/mol. The molecule has 0 unspecified atom stereocenters. The van der Waals surface area contributed by atoms with Crippen molar-refractivity contribution in [2.45, 2.75) is 17.5 Å². The first-order valence-corrected chi connectivity index (χ1v) is 8.76. The number of para-hydroxylation sites is 1. The number of nitrogens with zero attached hydrogens (tertiary/aromatic N) is 6. The number of aromatic nitrogens is 6. The van der Waals surface area contributed by atoms with Crippen LogP contribution in [0.15, 0.2) is 59.3 Å². The molecule has 0 spiro atoms. The van der Waals surface area contributed by atoms with Gasteiger partial charge in [0.05, 0.1) is 16.7 Å². The van der Waals surface area contributed by atoms with Crippen LogP contribution in [0, 0.1) is 0 Å². The van der Waals surface area contributed by atoms with Gasteiger partial charge in [0.15, 0.2) is 5.16 Å². The number of thioether (sulfide) groups is 1. The highest BCUT2D eigenvalue weighted by atomic mass is 32.2. The summed E-state index contributed by atoms with van der Waals surface area (Å²) < 4.78 is 5.49. The number of fused-ring (bicyclic) bond motifs is 3. The normalized spacial score (nSPS) is 11.4. The number of hydrogen-bond donors (Lipinski definition) is 0. The van der Waals surface area contributed by atoms with Gasteiger partial charge in [-0.25, -0.2) is 4.98 Å². The van der Waals surface area contributed by atoms with E-state index in [-0.39, 0.29) is 5.56 Å². The molecule has 1 aromatic carbocycles. The van der Waals surface area contributed by atoms with Crippen molar-refractivity contribution < 1.29 is 0 Å². The molecule has 4 rings (SSSR count). The number of hydrogen-bond acceptors (Lipinski definition) is 5. The van der Waals surface area contributed by atoms with Gasteiger partial charge in [-0.15, -0.1) is 16.8 Å². The Bertz CT molecular complexity index is 1140. The first-order chi connectivity index (χ1) is 12.2. The topological polar surface area (TPSA) is 70.0 Å². The van der Waals surface area contributed by atoms with Gasteiger partial charge >= 0.3 is 0 Å². The number of rotatable bonds is 5. The minimum Gasteiger partial charge on any atom is -0.337 e. The Morgan fingerprint density at radius 2 is 2.12 bits per heavy atom. The summed E-state index contributed by atoms with van der Waals surface area (Å²) in [5, 5.41) is 9.92. The molecule has 25 heavy (non-hydrogen) atoms. The number of imidazole rings is 1. The van der Waals surface area contributed by atoms with Gasteiger partial charge in [-0.3, -0.25) is 13.8 Å². The monoisotopic (exact) mass is 352 g/mol. The lowest BCUT2D eigenvalue weighted by atomic mass is 10.2. The third kappa shape index (κ3) is 2.54. The summed E-state index contributed by atoms with van der Waals surface area (Å²) in [6.07, 6.45) is 5.37. The van der Waals surface area contributed by atoms with E-state index in [0.717, 1.165) is 16.5 Å². The van der Waals surface area contributed by atoms with E-state index in [2.05, 4.69) is 21.8 Å². The van der Waals surface area contributed by atoms with Crippen LogP contribution in [-0.2, 0) is 19.3 Å². The van der Waals surface area contributed by atoms with Crippen molar-refractivity contribution in [2.24, 2.45) is 7.05 Å². The Kier molecular flexibility index (Phi) is 3.89. The molecule has 0 aliphatic heterocycles. The molecule has 8 heteroatoms. The van der Waals surface area contributed by atoms with Crippen molar-refractivity contribution >= 4 is 28.4 Å². The van der Waals surface area contributed by atoms with Gasteiger partial charge < -0.3 is 4.57 Å². The van der Waals surface area contributed by atoms with Gasteiger partial charge in [0, 0.05) is 26.0 Å². The van der Waals surface area contributed by atoms with E-state index >= 15 is 0 Å². The van der Waals surface area contributed by atoms with E-state index in [1.165, 1.54) is 0 Å². The Balaban J connectivity index is 1.90. The maximum absolute atomic E-state index is 12.7. The molecule has 0 bridgehead atoms. The number of benzene rings is 1. The Morgan fingerprint density at radius 3 is 2.88 bits per heavy atom. The SMILES string of the molecule is C=CCn1c(=O)c2ccccc2n2c(SCc3nccn3C)nnc12. The van der Waals surface area contributed by atoms with Crippen molar-refractivity contribution in [3.05, 3.63) is 65.5 Å². The average Bonchev–Trinajstić information content (AvgIpc) is 3.23. The zero-order valence-corrected chi connectivity index (χ0v) is 14.5. The molecular weight excluding hydrogens is 336 g/mol. The Hall–Kier alpha value is -2.87. The molecule has 0 amide bonds. The molecule has 0 aliphatic rings. The maximum Gasteiger partial charge on any atom is 0.263 e. The smallest absolute Gasteiger partial charge is 0.263 e. The molecule has 0 fully saturated rings. The van der Waals surface area contributed by atoms with Crippen molar-refractivity contribution in [3.8, 4) is 0 Å². The van der Waals surface area contributed by atoms with Crippen LogP contribution in [0.4, 0.5) is 0 Å². The lowest BCUT2D eigenvalue weighted by Gasteiger charge is -2.09. The van der Waals surface area contributed by atoms with Crippen LogP contribution in [0.1, 0.15) is 5.82 Å². The molecule has 3 heterocycles. The molecule has 0 saturated heterocycles. The molecule has 3 aromatic heterocycles. The summed E-state index contributed by atoms with van der Waals surface area (Å²) in [5.41, 5.74) is 0.714. The van der Waals surface area contributed by atoms with Crippen LogP contribution in [0.3, 0.4) is 0 Å². The lowest BCUT2D eigenvalue weighted by molar-refractivity contribution is 0.783. The van der Waals surface area contributed by atoms with E-state index in [1.807, 2.05) is 46.5 Å². The van der Waals surface area contributed by atoms with Gasteiger partial charge in [-0.1, -0.05) is 30.0 Å².